The maximum atomic E-state index is 10.3. The average Bonchev–Trinajstić information content (AvgIpc) is 2.41. The molecule has 0 heterocycles. The molecule has 0 aliphatic rings. The molecule has 0 radical (unpaired) electrons. The van der Waals surface area contributed by atoms with Crippen LogP contribution in [0.4, 0.5) is 0 Å². The second kappa shape index (κ2) is 14.6. The number of carboxylic acid groups (broad SMARTS) is 1. The van der Waals surface area contributed by atoms with Gasteiger partial charge in [-0.25, -0.2) is 0 Å². The highest BCUT2D eigenvalue weighted by atomic mass is 16.4. The molecular formula is C18H34O2. The van der Waals surface area contributed by atoms with Crippen molar-refractivity contribution in [2.24, 2.45) is 0 Å². The fourth-order valence-electron chi connectivity index (χ4n) is 2.46. The second-order valence-electron chi connectivity index (χ2n) is 5.93. The zero-order valence-corrected chi connectivity index (χ0v) is 13.5. The summed E-state index contributed by atoms with van der Waals surface area (Å²) in [4.78, 5) is 10.3. The molecule has 0 bridgehead atoms. The first-order valence-electron chi connectivity index (χ1n) is 8.55. The van der Waals surface area contributed by atoms with Crippen LogP contribution in [0.3, 0.4) is 0 Å². The van der Waals surface area contributed by atoms with Crippen LogP contribution in [0.5, 0.6) is 0 Å². The maximum Gasteiger partial charge on any atom is 0.303 e. The first kappa shape index (κ1) is 19.2. The van der Waals surface area contributed by atoms with Crippen molar-refractivity contribution in [1.29, 1.82) is 0 Å². The van der Waals surface area contributed by atoms with Crippen molar-refractivity contribution in [2.45, 2.75) is 96.8 Å². The normalized spacial score (nSPS) is 10.7. The van der Waals surface area contributed by atoms with Crippen molar-refractivity contribution in [3.05, 3.63) is 12.2 Å². The standard InChI is InChI=1S/C18H34O2/c1-3-4-5-8-11-14-17(2)15-12-9-6-7-10-13-16-18(19)20/h2-16H2,1H3,(H,19,20). The quantitative estimate of drug-likeness (QED) is 0.291. The average molecular weight is 282 g/mol. The van der Waals surface area contributed by atoms with Crippen molar-refractivity contribution in [3.63, 3.8) is 0 Å². The number of allylic oxidation sites excluding steroid dienone is 1. The van der Waals surface area contributed by atoms with Crippen LogP contribution in [-0.2, 0) is 4.79 Å². The molecule has 0 aromatic carbocycles. The summed E-state index contributed by atoms with van der Waals surface area (Å²) >= 11 is 0. The number of hydrogen-bond donors (Lipinski definition) is 1. The van der Waals surface area contributed by atoms with Crippen molar-refractivity contribution in [1.82, 2.24) is 0 Å². The Morgan fingerprint density at radius 1 is 0.750 bits per heavy atom. The molecule has 0 unspecified atom stereocenters. The minimum atomic E-state index is -0.666. The van der Waals surface area contributed by atoms with Gasteiger partial charge in [-0.3, -0.25) is 4.79 Å². The molecule has 0 amide bonds. The summed E-state index contributed by atoms with van der Waals surface area (Å²) in [6.07, 6.45) is 16.3. The highest BCUT2D eigenvalue weighted by Gasteiger charge is 1.98. The van der Waals surface area contributed by atoms with E-state index in [1.54, 1.807) is 0 Å². The number of carboxylic acids is 1. The predicted octanol–water partition coefficient (Wildman–Crippen LogP) is 6.11. The second-order valence-corrected chi connectivity index (χ2v) is 5.93. The van der Waals surface area contributed by atoms with E-state index in [9.17, 15) is 4.79 Å². The van der Waals surface area contributed by atoms with Crippen molar-refractivity contribution < 1.29 is 9.90 Å². The molecule has 0 aromatic heterocycles. The lowest BCUT2D eigenvalue weighted by molar-refractivity contribution is -0.137. The molecule has 0 aliphatic carbocycles. The van der Waals surface area contributed by atoms with Gasteiger partial charge in [0.25, 0.3) is 0 Å². The van der Waals surface area contributed by atoms with E-state index in [1.165, 1.54) is 76.2 Å². The molecule has 0 saturated carbocycles. The van der Waals surface area contributed by atoms with Crippen molar-refractivity contribution >= 4 is 5.97 Å². The van der Waals surface area contributed by atoms with Crippen molar-refractivity contribution in [2.75, 3.05) is 0 Å². The lowest BCUT2D eigenvalue weighted by atomic mass is 10.0. The molecule has 0 saturated heterocycles. The Kier molecular flexibility index (Phi) is 14.0. The van der Waals surface area contributed by atoms with E-state index in [-0.39, 0.29) is 0 Å². The van der Waals surface area contributed by atoms with Crippen LogP contribution in [0.25, 0.3) is 0 Å². The van der Waals surface area contributed by atoms with Gasteiger partial charge in [0.05, 0.1) is 0 Å². The SMILES string of the molecule is C=C(CCCCCCC)CCCCCCCCC(=O)O. The maximum absolute atomic E-state index is 10.3. The summed E-state index contributed by atoms with van der Waals surface area (Å²) in [7, 11) is 0. The van der Waals surface area contributed by atoms with E-state index in [0.29, 0.717) is 6.42 Å². The fraction of sp³-hybridized carbons (Fsp3) is 0.833. The van der Waals surface area contributed by atoms with Gasteiger partial charge in [0.1, 0.15) is 0 Å². The van der Waals surface area contributed by atoms with Gasteiger partial charge in [0, 0.05) is 6.42 Å². The predicted molar refractivity (Wildman–Crippen MR) is 87.1 cm³/mol. The first-order chi connectivity index (χ1) is 9.66. The van der Waals surface area contributed by atoms with Crippen LogP contribution in [-0.4, -0.2) is 11.1 Å². The topological polar surface area (TPSA) is 37.3 Å². The molecular weight excluding hydrogens is 248 g/mol. The summed E-state index contributed by atoms with van der Waals surface area (Å²) in [6, 6.07) is 0. The third-order valence-corrected chi connectivity index (χ3v) is 3.80. The smallest absolute Gasteiger partial charge is 0.303 e. The van der Waals surface area contributed by atoms with E-state index in [1.807, 2.05) is 0 Å². The number of carbonyl (C=O) groups is 1. The van der Waals surface area contributed by atoms with Crippen LogP contribution in [0.1, 0.15) is 96.8 Å². The molecule has 118 valence electrons. The molecule has 0 rings (SSSR count). The van der Waals surface area contributed by atoms with E-state index in [4.69, 9.17) is 5.11 Å². The molecule has 0 aromatic rings. The first-order valence-corrected chi connectivity index (χ1v) is 8.55. The lowest BCUT2D eigenvalue weighted by Crippen LogP contribution is -1.93. The molecule has 20 heavy (non-hydrogen) atoms. The Morgan fingerprint density at radius 3 is 1.60 bits per heavy atom. The Labute approximate surface area is 125 Å². The highest BCUT2D eigenvalue weighted by Crippen LogP contribution is 2.16. The lowest BCUT2D eigenvalue weighted by Gasteiger charge is -2.06. The van der Waals surface area contributed by atoms with Gasteiger partial charge >= 0.3 is 5.97 Å². The third kappa shape index (κ3) is 15.3. The molecule has 0 atom stereocenters. The van der Waals surface area contributed by atoms with Crippen LogP contribution in [0.2, 0.25) is 0 Å². The number of hydrogen-bond acceptors (Lipinski definition) is 1. The van der Waals surface area contributed by atoms with Gasteiger partial charge in [-0.1, -0.05) is 70.4 Å². The molecule has 0 aliphatic heterocycles. The number of rotatable bonds is 15. The minimum Gasteiger partial charge on any atom is -0.481 e. The van der Waals surface area contributed by atoms with E-state index < -0.39 is 5.97 Å². The molecule has 0 spiro atoms. The van der Waals surface area contributed by atoms with Gasteiger partial charge < -0.3 is 5.11 Å². The number of unbranched alkanes of at least 4 members (excludes halogenated alkanes) is 9. The largest absolute Gasteiger partial charge is 0.481 e. The van der Waals surface area contributed by atoms with Gasteiger partial charge in [-0.15, -0.1) is 0 Å². The van der Waals surface area contributed by atoms with Crippen LogP contribution >= 0.6 is 0 Å². The van der Waals surface area contributed by atoms with Crippen LogP contribution in [0.15, 0.2) is 12.2 Å². The molecule has 1 N–H and O–H groups in total. The van der Waals surface area contributed by atoms with E-state index in [0.717, 1.165) is 12.8 Å². The monoisotopic (exact) mass is 282 g/mol. The zero-order valence-electron chi connectivity index (χ0n) is 13.5. The summed E-state index contributed by atoms with van der Waals surface area (Å²) < 4.78 is 0. The van der Waals surface area contributed by atoms with E-state index in [2.05, 4.69) is 13.5 Å². The summed E-state index contributed by atoms with van der Waals surface area (Å²) in [6.45, 7) is 6.42. The van der Waals surface area contributed by atoms with E-state index >= 15 is 0 Å². The van der Waals surface area contributed by atoms with Gasteiger partial charge in [-0.05, 0) is 32.1 Å². The summed E-state index contributed by atoms with van der Waals surface area (Å²) in [5, 5.41) is 8.52. The van der Waals surface area contributed by atoms with Crippen LogP contribution in [0, 0.1) is 0 Å². The Morgan fingerprint density at radius 2 is 1.15 bits per heavy atom. The highest BCUT2D eigenvalue weighted by molar-refractivity contribution is 5.66. The fourth-order valence-corrected chi connectivity index (χ4v) is 2.46. The molecule has 2 nitrogen and oxygen atoms in total. The summed E-state index contributed by atoms with van der Waals surface area (Å²) in [5.74, 6) is -0.666. The zero-order chi connectivity index (χ0) is 15.1. The Bertz CT molecular complexity index is 246. The minimum absolute atomic E-state index is 0.328. The third-order valence-electron chi connectivity index (χ3n) is 3.80. The van der Waals surface area contributed by atoms with Gasteiger partial charge in [0.2, 0.25) is 0 Å². The molecule has 0 fully saturated rings. The Balaban J connectivity index is 3.17. The van der Waals surface area contributed by atoms with Gasteiger partial charge in [0.15, 0.2) is 0 Å². The summed E-state index contributed by atoms with van der Waals surface area (Å²) in [5.41, 5.74) is 1.42. The molecule has 2 heteroatoms. The Hall–Kier alpha value is -0.790. The number of aliphatic carboxylic acids is 1. The van der Waals surface area contributed by atoms with Gasteiger partial charge in [-0.2, -0.15) is 0 Å². The van der Waals surface area contributed by atoms with Crippen LogP contribution < -0.4 is 0 Å². The van der Waals surface area contributed by atoms with Crippen molar-refractivity contribution in [3.8, 4) is 0 Å².